The number of nitrogens with one attached hydrogen (secondary N) is 1. The fraction of sp³-hybridized carbons (Fsp3) is 0.429. The summed E-state index contributed by atoms with van der Waals surface area (Å²) in [6.07, 6.45) is 1.77. The van der Waals surface area contributed by atoms with Crippen molar-refractivity contribution in [3.05, 3.63) is 42.0 Å². The molecule has 0 aromatic heterocycles. The van der Waals surface area contributed by atoms with E-state index in [9.17, 15) is 0 Å². The molecule has 0 fully saturated rings. The third-order valence-electron chi connectivity index (χ3n) is 3.07. The summed E-state index contributed by atoms with van der Waals surface area (Å²) in [5, 5.41) is 3.45. The topological polar surface area (TPSA) is 21.3 Å². The minimum Gasteiger partial charge on any atom is -0.490 e. The first-order chi connectivity index (χ1) is 8.22. The monoisotopic (exact) mass is 295 g/mol. The predicted octanol–water partition coefficient (Wildman–Crippen LogP) is 3.39. The fourth-order valence-corrected chi connectivity index (χ4v) is 2.79. The van der Waals surface area contributed by atoms with Crippen molar-refractivity contribution in [3.8, 4) is 5.75 Å². The maximum atomic E-state index is 5.59. The van der Waals surface area contributed by atoms with Crippen LogP contribution in [0.1, 0.15) is 28.8 Å². The molecule has 2 rings (SSSR count). The Morgan fingerprint density at radius 3 is 3.06 bits per heavy atom. The highest BCUT2D eigenvalue weighted by Gasteiger charge is 2.20. The van der Waals surface area contributed by atoms with E-state index in [0.29, 0.717) is 17.4 Å². The Labute approximate surface area is 111 Å². The molecule has 0 aliphatic carbocycles. The van der Waals surface area contributed by atoms with Crippen molar-refractivity contribution in [2.24, 2.45) is 0 Å². The molecular formula is C14H18BrNO. The van der Waals surface area contributed by atoms with Gasteiger partial charge in [-0.3, -0.25) is 0 Å². The van der Waals surface area contributed by atoms with Crippen LogP contribution in [0.4, 0.5) is 0 Å². The van der Waals surface area contributed by atoms with Gasteiger partial charge in [0, 0.05) is 13.1 Å². The molecular weight excluding hydrogens is 278 g/mol. The van der Waals surface area contributed by atoms with E-state index in [-0.39, 0.29) is 0 Å². The number of hydrogen-bond donors (Lipinski definition) is 1. The van der Waals surface area contributed by atoms with Gasteiger partial charge in [-0.05, 0) is 29.2 Å². The molecule has 0 unspecified atom stereocenters. The summed E-state index contributed by atoms with van der Waals surface area (Å²) in [6, 6.07) is 6.37. The van der Waals surface area contributed by atoms with Crippen LogP contribution >= 0.6 is 15.9 Å². The second kappa shape index (κ2) is 5.69. The van der Waals surface area contributed by atoms with E-state index >= 15 is 0 Å². The third-order valence-corrected chi connectivity index (χ3v) is 3.89. The lowest BCUT2D eigenvalue weighted by Gasteiger charge is -2.15. The molecule has 0 radical (unpaired) electrons. The van der Waals surface area contributed by atoms with Gasteiger partial charge in [-0.25, -0.2) is 0 Å². The van der Waals surface area contributed by atoms with Crippen molar-refractivity contribution in [1.29, 1.82) is 0 Å². The SMILES string of the molecule is C=CCOc1ccc2c(c1)[C@@H](Br)CNC[C@H]2C. The first-order valence-corrected chi connectivity index (χ1v) is 6.86. The molecule has 2 nitrogen and oxygen atoms in total. The van der Waals surface area contributed by atoms with E-state index in [1.807, 2.05) is 6.07 Å². The summed E-state index contributed by atoms with van der Waals surface area (Å²) in [5.41, 5.74) is 2.74. The Morgan fingerprint density at radius 1 is 1.47 bits per heavy atom. The Morgan fingerprint density at radius 2 is 2.29 bits per heavy atom. The van der Waals surface area contributed by atoms with Gasteiger partial charge in [0.25, 0.3) is 0 Å². The molecule has 17 heavy (non-hydrogen) atoms. The lowest BCUT2D eigenvalue weighted by atomic mass is 9.95. The number of benzene rings is 1. The van der Waals surface area contributed by atoms with Crippen LogP contribution in [0.2, 0.25) is 0 Å². The Balaban J connectivity index is 2.31. The van der Waals surface area contributed by atoms with Crippen molar-refractivity contribution in [2.45, 2.75) is 17.7 Å². The molecule has 1 aromatic carbocycles. The summed E-state index contributed by atoms with van der Waals surface area (Å²) < 4.78 is 5.59. The molecule has 1 aliphatic rings. The highest BCUT2D eigenvalue weighted by molar-refractivity contribution is 9.09. The summed E-state index contributed by atoms with van der Waals surface area (Å²) in [7, 11) is 0. The van der Waals surface area contributed by atoms with Gasteiger partial charge in [0.15, 0.2) is 0 Å². The first-order valence-electron chi connectivity index (χ1n) is 5.94. The zero-order valence-corrected chi connectivity index (χ0v) is 11.7. The molecule has 0 amide bonds. The zero-order chi connectivity index (χ0) is 12.3. The third kappa shape index (κ3) is 2.90. The quantitative estimate of drug-likeness (QED) is 0.682. The number of hydrogen-bond acceptors (Lipinski definition) is 2. The first kappa shape index (κ1) is 12.7. The average molecular weight is 296 g/mol. The summed E-state index contributed by atoms with van der Waals surface area (Å²) in [4.78, 5) is 0.356. The summed E-state index contributed by atoms with van der Waals surface area (Å²) in [6.45, 7) is 8.46. The van der Waals surface area contributed by atoms with Gasteiger partial charge in [0.1, 0.15) is 12.4 Å². The van der Waals surface area contributed by atoms with Crippen LogP contribution in [0.25, 0.3) is 0 Å². The van der Waals surface area contributed by atoms with Gasteiger partial charge < -0.3 is 10.1 Å². The van der Waals surface area contributed by atoms with Crippen molar-refractivity contribution in [1.82, 2.24) is 5.32 Å². The maximum Gasteiger partial charge on any atom is 0.120 e. The van der Waals surface area contributed by atoms with Gasteiger partial charge in [0.2, 0.25) is 0 Å². The van der Waals surface area contributed by atoms with Gasteiger partial charge in [-0.1, -0.05) is 41.6 Å². The average Bonchev–Trinajstić information content (AvgIpc) is 2.48. The van der Waals surface area contributed by atoms with Crippen LogP contribution in [0, 0.1) is 0 Å². The summed E-state index contributed by atoms with van der Waals surface area (Å²) >= 11 is 3.73. The smallest absolute Gasteiger partial charge is 0.120 e. The Kier molecular flexibility index (Phi) is 4.24. The van der Waals surface area contributed by atoms with Crippen LogP contribution < -0.4 is 10.1 Å². The number of rotatable bonds is 3. The van der Waals surface area contributed by atoms with E-state index in [1.54, 1.807) is 6.08 Å². The van der Waals surface area contributed by atoms with E-state index in [4.69, 9.17) is 4.74 Å². The lowest BCUT2D eigenvalue weighted by molar-refractivity contribution is 0.362. The molecule has 1 aliphatic heterocycles. The van der Waals surface area contributed by atoms with E-state index in [0.717, 1.165) is 18.8 Å². The number of halogens is 1. The predicted molar refractivity (Wildman–Crippen MR) is 75.1 cm³/mol. The van der Waals surface area contributed by atoms with E-state index < -0.39 is 0 Å². The standard InChI is InChI=1S/C14H18BrNO/c1-3-6-17-11-4-5-12-10(2)8-16-9-14(15)13(12)7-11/h3-5,7,10,14,16H,1,6,8-9H2,2H3/t10-,14+/m1/s1. The van der Waals surface area contributed by atoms with Crippen LogP contribution in [0.5, 0.6) is 5.75 Å². The minimum atomic E-state index is 0.356. The van der Waals surface area contributed by atoms with E-state index in [1.165, 1.54) is 11.1 Å². The molecule has 92 valence electrons. The summed E-state index contributed by atoms with van der Waals surface area (Å²) in [5.74, 6) is 1.46. The number of alkyl halides is 1. The van der Waals surface area contributed by atoms with Gasteiger partial charge in [-0.15, -0.1) is 0 Å². The number of fused-ring (bicyclic) bond motifs is 1. The van der Waals surface area contributed by atoms with Crippen molar-refractivity contribution < 1.29 is 4.74 Å². The molecule has 0 spiro atoms. The molecule has 1 aromatic rings. The highest BCUT2D eigenvalue weighted by Crippen LogP contribution is 2.34. The molecule has 1 heterocycles. The van der Waals surface area contributed by atoms with Crippen LogP contribution in [0.15, 0.2) is 30.9 Å². The van der Waals surface area contributed by atoms with Crippen LogP contribution in [0.3, 0.4) is 0 Å². The van der Waals surface area contributed by atoms with Crippen molar-refractivity contribution in [2.75, 3.05) is 19.7 Å². The largest absolute Gasteiger partial charge is 0.490 e. The molecule has 0 bridgehead atoms. The lowest BCUT2D eigenvalue weighted by Crippen LogP contribution is -2.19. The molecule has 3 heteroatoms. The highest BCUT2D eigenvalue weighted by atomic mass is 79.9. The van der Waals surface area contributed by atoms with Gasteiger partial charge >= 0.3 is 0 Å². The zero-order valence-electron chi connectivity index (χ0n) is 10.1. The van der Waals surface area contributed by atoms with Gasteiger partial charge in [-0.2, -0.15) is 0 Å². The maximum absolute atomic E-state index is 5.59. The van der Waals surface area contributed by atoms with Gasteiger partial charge in [0.05, 0.1) is 4.83 Å². The second-order valence-corrected chi connectivity index (χ2v) is 5.52. The van der Waals surface area contributed by atoms with Crippen LogP contribution in [-0.2, 0) is 0 Å². The Hall–Kier alpha value is -0.800. The molecule has 0 saturated carbocycles. The minimum absolute atomic E-state index is 0.356. The van der Waals surface area contributed by atoms with Crippen molar-refractivity contribution in [3.63, 3.8) is 0 Å². The number of ether oxygens (including phenoxy) is 1. The molecule has 2 atom stereocenters. The Bertz CT molecular complexity index is 405. The van der Waals surface area contributed by atoms with E-state index in [2.05, 4.69) is 46.9 Å². The second-order valence-electron chi connectivity index (χ2n) is 4.42. The van der Waals surface area contributed by atoms with Crippen LogP contribution in [-0.4, -0.2) is 19.7 Å². The van der Waals surface area contributed by atoms with Crippen molar-refractivity contribution >= 4 is 15.9 Å². The molecule has 1 N–H and O–H groups in total. The molecule has 0 saturated heterocycles. The fourth-order valence-electron chi connectivity index (χ4n) is 2.16. The normalized spacial score (nSPS) is 23.6.